The van der Waals surface area contributed by atoms with E-state index in [0.717, 1.165) is 11.3 Å². The predicted molar refractivity (Wildman–Crippen MR) is 109 cm³/mol. The summed E-state index contributed by atoms with van der Waals surface area (Å²) in [5.41, 5.74) is 2.90. The summed E-state index contributed by atoms with van der Waals surface area (Å²) < 4.78 is 3.13. The Bertz CT molecular complexity index is 1200. The summed E-state index contributed by atoms with van der Waals surface area (Å²) >= 11 is 0. The van der Waals surface area contributed by atoms with Crippen molar-refractivity contribution in [3.63, 3.8) is 0 Å². The van der Waals surface area contributed by atoms with Crippen LogP contribution in [0.5, 0.6) is 0 Å². The highest BCUT2D eigenvalue weighted by Crippen LogP contribution is 2.21. The second-order valence-corrected chi connectivity index (χ2v) is 6.78. The molecule has 0 radical (unpaired) electrons. The van der Waals surface area contributed by atoms with E-state index in [9.17, 15) is 9.59 Å². The fraction of sp³-hybridized carbons (Fsp3) is 0.190. The molecule has 0 aliphatic carbocycles. The third kappa shape index (κ3) is 3.64. The molecule has 1 atom stereocenters. The van der Waals surface area contributed by atoms with Crippen molar-refractivity contribution in [2.75, 3.05) is 7.05 Å². The van der Waals surface area contributed by atoms with Crippen molar-refractivity contribution < 1.29 is 4.79 Å². The topological polar surface area (TPSA) is 85.9 Å². The summed E-state index contributed by atoms with van der Waals surface area (Å²) in [6.07, 6.45) is 4.36. The Morgan fingerprint density at radius 1 is 1.14 bits per heavy atom. The van der Waals surface area contributed by atoms with Crippen LogP contribution >= 0.6 is 0 Å². The number of carbonyl (C=O) groups excluding carboxylic acids is 1. The lowest BCUT2D eigenvalue weighted by Gasteiger charge is -2.26. The minimum atomic E-state index is -0.296. The minimum Gasteiger partial charge on any atom is -0.337 e. The molecular formula is C21H20N6O2. The van der Waals surface area contributed by atoms with Gasteiger partial charge in [-0.3, -0.25) is 14.2 Å². The van der Waals surface area contributed by atoms with Crippen molar-refractivity contribution in [2.24, 2.45) is 0 Å². The lowest BCUT2D eigenvalue weighted by atomic mass is 10.1. The van der Waals surface area contributed by atoms with Crippen LogP contribution in [0.25, 0.3) is 16.7 Å². The Labute approximate surface area is 167 Å². The van der Waals surface area contributed by atoms with Gasteiger partial charge in [-0.15, -0.1) is 0 Å². The molecule has 0 saturated heterocycles. The average Bonchev–Trinajstić information content (AvgIpc) is 3.29. The Hall–Kier alpha value is -3.81. The molecule has 0 aliphatic heterocycles. The molecule has 1 unspecified atom stereocenters. The number of hydrogen-bond donors (Lipinski definition) is 0. The van der Waals surface area contributed by atoms with Gasteiger partial charge in [0.2, 0.25) is 5.91 Å². The molecule has 0 fully saturated rings. The molecule has 146 valence electrons. The van der Waals surface area contributed by atoms with Crippen molar-refractivity contribution in [2.45, 2.75) is 19.5 Å². The highest BCUT2D eigenvalue weighted by Gasteiger charge is 2.19. The van der Waals surface area contributed by atoms with Gasteiger partial charge < -0.3 is 4.90 Å². The maximum absolute atomic E-state index is 12.9. The number of para-hydroxylation sites is 2. The zero-order valence-electron chi connectivity index (χ0n) is 16.1. The van der Waals surface area contributed by atoms with Crippen LogP contribution in [0.1, 0.15) is 18.5 Å². The lowest BCUT2D eigenvalue weighted by Crippen LogP contribution is -2.35. The summed E-state index contributed by atoms with van der Waals surface area (Å²) in [6.45, 7) is 1.91. The van der Waals surface area contributed by atoms with Gasteiger partial charge in [0.05, 0.1) is 29.0 Å². The van der Waals surface area contributed by atoms with Gasteiger partial charge in [-0.2, -0.15) is 5.10 Å². The molecule has 2 aromatic carbocycles. The largest absolute Gasteiger partial charge is 0.337 e. The summed E-state index contributed by atoms with van der Waals surface area (Å²) in [4.78, 5) is 34.9. The van der Waals surface area contributed by atoms with Crippen molar-refractivity contribution >= 4 is 16.9 Å². The van der Waals surface area contributed by atoms with Crippen LogP contribution in [0.4, 0.5) is 0 Å². The van der Waals surface area contributed by atoms with E-state index in [1.54, 1.807) is 29.0 Å². The molecule has 8 heteroatoms. The zero-order chi connectivity index (χ0) is 20.4. The Kier molecular flexibility index (Phi) is 4.90. The minimum absolute atomic E-state index is 0.0419. The molecule has 0 aliphatic rings. The van der Waals surface area contributed by atoms with Gasteiger partial charge in [-0.05, 0) is 36.8 Å². The van der Waals surface area contributed by atoms with Crippen LogP contribution in [0.2, 0.25) is 0 Å². The van der Waals surface area contributed by atoms with E-state index >= 15 is 0 Å². The maximum atomic E-state index is 12.9. The molecule has 0 bridgehead atoms. The molecule has 1 amide bonds. The third-order valence-electron chi connectivity index (χ3n) is 5.08. The van der Waals surface area contributed by atoms with Crippen LogP contribution in [-0.4, -0.2) is 42.2 Å². The lowest BCUT2D eigenvalue weighted by molar-refractivity contribution is -0.132. The number of aromatic nitrogens is 5. The molecule has 8 nitrogen and oxygen atoms in total. The van der Waals surface area contributed by atoms with E-state index in [2.05, 4.69) is 15.1 Å². The third-order valence-corrected chi connectivity index (χ3v) is 5.08. The van der Waals surface area contributed by atoms with Crippen molar-refractivity contribution in [3.8, 4) is 5.69 Å². The first-order valence-corrected chi connectivity index (χ1v) is 9.20. The second kappa shape index (κ2) is 7.67. The van der Waals surface area contributed by atoms with E-state index < -0.39 is 0 Å². The SMILES string of the molecule is CC(c1ccc(-n2cncn2)cc1)N(C)C(=O)Cn1c(=O)cnc2ccccc21. The van der Waals surface area contributed by atoms with Crippen LogP contribution in [0.3, 0.4) is 0 Å². The highest BCUT2D eigenvalue weighted by atomic mass is 16.2. The molecule has 0 N–H and O–H groups in total. The maximum Gasteiger partial charge on any atom is 0.269 e. The monoisotopic (exact) mass is 388 g/mol. The van der Waals surface area contributed by atoms with Gasteiger partial charge >= 0.3 is 0 Å². The van der Waals surface area contributed by atoms with E-state index in [1.807, 2.05) is 49.4 Å². The molecule has 2 aromatic heterocycles. The average molecular weight is 388 g/mol. The van der Waals surface area contributed by atoms with E-state index in [4.69, 9.17) is 0 Å². The van der Waals surface area contributed by atoms with Gasteiger partial charge in [0.15, 0.2) is 0 Å². The molecule has 0 saturated carbocycles. The summed E-state index contributed by atoms with van der Waals surface area (Å²) in [5.74, 6) is -0.156. The zero-order valence-corrected chi connectivity index (χ0v) is 16.1. The highest BCUT2D eigenvalue weighted by molar-refractivity contribution is 5.80. The normalized spacial score (nSPS) is 12.1. The van der Waals surface area contributed by atoms with E-state index in [0.29, 0.717) is 11.0 Å². The summed E-state index contributed by atoms with van der Waals surface area (Å²) in [7, 11) is 1.74. The van der Waals surface area contributed by atoms with Gasteiger partial charge in [-0.1, -0.05) is 24.3 Å². The van der Waals surface area contributed by atoms with Crippen LogP contribution < -0.4 is 5.56 Å². The Morgan fingerprint density at radius 2 is 1.90 bits per heavy atom. The fourth-order valence-electron chi connectivity index (χ4n) is 3.21. The van der Waals surface area contributed by atoms with Gasteiger partial charge in [0.25, 0.3) is 5.56 Å². The molecule has 4 aromatic rings. The van der Waals surface area contributed by atoms with Crippen LogP contribution in [-0.2, 0) is 11.3 Å². The van der Waals surface area contributed by atoms with Crippen LogP contribution in [0, 0.1) is 0 Å². The van der Waals surface area contributed by atoms with Gasteiger partial charge in [-0.25, -0.2) is 14.6 Å². The van der Waals surface area contributed by atoms with Crippen molar-refractivity contribution in [1.29, 1.82) is 0 Å². The quantitative estimate of drug-likeness (QED) is 0.523. The van der Waals surface area contributed by atoms with Crippen LogP contribution in [0.15, 0.2) is 72.2 Å². The second-order valence-electron chi connectivity index (χ2n) is 6.78. The summed E-state index contributed by atoms with van der Waals surface area (Å²) in [6, 6.07) is 14.9. The summed E-state index contributed by atoms with van der Waals surface area (Å²) in [5, 5.41) is 4.11. The number of benzene rings is 2. The van der Waals surface area contributed by atoms with Crippen molar-refractivity contribution in [1.82, 2.24) is 29.2 Å². The molecular weight excluding hydrogens is 368 g/mol. The molecule has 4 rings (SSSR count). The van der Waals surface area contributed by atoms with Gasteiger partial charge in [0, 0.05) is 7.05 Å². The number of fused-ring (bicyclic) bond motifs is 1. The van der Waals surface area contributed by atoms with E-state index in [-0.39, 0.29) is 24.1 Å². The molecule has 29 heavy (non-hydrogen) atoms. The van der Waals surface area contributed by atoms with E-state index in [1.165, 1.54) is 17.1 Å². The molecule has 2 heterocycles. The Morgan fingerprint density at radius 3 is 2.62 bits per heavy atom. The Balaban J connectivity index is 1.54. The fourth-order valence-corrected chi connectivity index (χ4v) is 3.21. The predicted octanol–water partition coefficient (Wildman–Crippen LogP) is 2.20. The number of hydrogen-bond acceptors (Lipinski definition) is 5. The molecule has 0 spiro atoms. The number of amides is 1. The first kappa shape index (κ1) is 18.5. The number of nitrogens with zero attached hydrogens (tertiary/aromatic N) is 6. The number of carbonyl (C=O) groups is 1. The van der Waals surface area contributed by atoms with Gasteiger partial charge in [0.1, 0.15) is 19.2 Å². The standard InChI is InChI=1S/C21H20N6O2/c1-15(16-7-9-17(10-8-16)27-14-22-13-24-27)25(2)21(29)12-26-19-6-4-3-5-18(19)23-11-20(26)28/h3-11,13-15H,12H2,1-2H3. The number of rotatable bonds is 5. The van der Waals surface area contributed by atoms with Crippen molar-refractivity contribution in [3.05, 3.63) is 83.3 Å². The number of likely N-dealkylation sites (N-methyl/N-ethyl adjacent to an activating group) is 1. The first-order chi connectivity index (χ1) is 14.0. The first-order valence-electron chi connectivity index (χ1n) is 9.20. The smallest absolute Gasteiger partial charge is 0.269 e.